The standard InChI is InChI=1S/C21H16FN5O3/c1-29-18-8-3-14(11-17(18)22)21(28)26-15-4-6-16(7-5-15)30-20-12-19(23-13-24-20)27-10-2-9-25-27/h2-13H,1H3,(H,26,28). The van der Waals surface area contributed by atoms with Gasteiger partial charge >= 0.3 is 0 Å². The first-order chi connectivity index (χ1) is 14.6. The smallest absolute Gasteiger partial charge is 0.255 e. The zero-order chi connectivity index (χ0) is 20.9. The lowest BCUT2D eigenvalue weighted by molar-refractivity contribution is 0.102. The van der Waals surface area contributed by atoms with Crippen molar-refractivity contribution < 1.29 is 18.7 Å². The first-order valence-corrected chi connectivity index (χ1v) is 8.87. The highest BCUT2D eigenvalue weighted by Crippen LogP contribution is 2.23. The maximum atomic E-state index is 13.8. The highest BCUT2D eigenvalue weighted by Gasteiger charge is 2.11. The van der Waals surface area contributed by atoms with Gasteiger partial charge in [-0.15, -0.1) is 0 Å². The number of hydrogen-bond donors (Lipinski definition) is 1. The molecule has 1 amide bonds. The molecule has 0 unspecified atom stereocenters. The topological polar surface area (TPSA) is 91.2 Å². The Morgan fingerprint density at radius 1 is 1.10 bits per heavy atom. The minimum Gasteiger partial charge on any atom is -0.494 e. The number of hydrogen-bond acceptors (Lipinski definition) is 6. The molecule has 9 heteroatoms. The maximum Gasteiger partial charge on any atom is 0.255 e. The van der Waals surface area contributed by atoms with Crippen molar-refractivity contribution in [1.82, 2.24) is 19.7 Å². The lowest BCUT2D eigenvalue weighted by Gasteiger charge is -2.09. The van der Waals surface area contributed by atoms with E-state index in [2.05, 4.69) is 20.4 Å². The highest BCUT2D eigenvalue weighted by atomic mass is 19.1. The van der Waals surface area contributed by atoms with Crippen molar-refractivity contribution in [2.45, 2.75) is 0 Å². The zero-order valence-electron chi connectivity index (χ0n) is 15.8. The Labute approximate surface area is 170 Å². The fourth-order valence-electron chi connectivity index (χ4n) is 2.65. The molecule has 0 aliphatic heterocycles. The summed E-state index contributed by atoms with van der Waals surface area (Å²) in [7, 11) is 1.36. The molecule has 8 nitrogen and oxygen atoms in total. The van der Waals surface area contributed by atoms with E-state index in [1.54, 1.807) is 53.5 Å². The molecule has 4 rings (SSSR count). The van der Waals surface area contributed by atoms with E-state index in [9.17, 15) is 9.18 Å². The first kappa shape index (κ1) is 19.1. The number of aromatic nitrogens is 4. The Morgan fingerprint density at radius 2 is 1.93 bits per heavy atom. The van der Waals surface area contributed by atoms with Crippen molar-refractivity contribution in [3.05, 3.63) is 84.7 Å². The van der Waals surface area contributed by atoms with Gasteiger partial charge in [-0.05, 0) is 48.5 Å². The van der Waals surface area contributed by atoms with E-state index in [4.69, 9.17) is 9.47 Å². The predicted octanol–water partition coefficient (Wildman–Crippen LogP) is 3.85. The average molecular weight is 405 g/mol. The molecule has 2 aromatic heterocycles. The molecule has 2 heterocycles. The van der Waals surface area contributed by atoms with Crippen molar-refractivity contribution in [2.24, 2.45) is 0 Å². The molecule has 0 aliphatic rings. The van der Waals surface area contributed by atoms with E-state index in [0.717, 1.165) is 6.07 Å². The number of ether oxygens (including phenoxy) is 2. The van der Waals surface area contributed by atoms with Gasteiger partial charge in [-0.2, -0.15) is 5.10 Å². The quantitative estimate of drug-likeness (QED) is 0.524. The number of amides is 1. The third-order valence-corrected chi connectivity index (χ3v) is 4.12. The molecule has 30 heavy (non-hydrogen) atoms. The second-order valence-electron chi connectivity index (χ2n) is 6.09. The molecular formula is C21H16FN5O3. The van der Waals surface area contributed by atoms with Crippen LogP contribution < -0.4 is 14.8 Å². The minimum absolute atomic E-state index is 0.0773. The highest BCUT2D eigenvalue weighted by molar-refractivity contribution is 6.04. The summed E-state index contributed by atoms with van der Waals surface area (Å²) in [5.41, 5.74) is 0.712. The van der Waals surface area contributed by atoms with Crippen molar-refractivity contribution in [2.75, 3.05) is 12.4 Å². The molecule has 0 spiro atoms. The zero-order valence-corrected chi connectivity index (χ0v) is 15.8. The van der Waals surface area contributed by atoms with Crippen LogP contribution in [0, 0.1) is 5.82 Å². The van der Waals surface area contributed by atoms with Crippen LogP contribution in [-0.4, -0.2) is 32.8 Å². The van der Waals surface area contributed by atoms with Gasteiger partial charge in [-0.3, -0.25) is 4.79 Å². The molecule has 0 fully saturated rings. The number of methoxy groups -OCH3 is 1. The second-order valence-corrected chi connectivity index (χ2v) is 6.09. The second kappa shape index (κ2) is 8.39. The average Bonchev–Trinajstić information content (AvgIpc) is 3.30. The Morgan fingerprint density at radius 3 is 2.63 bits per heavy atom. The van der Waals surface area contributed by atoms with Crippen LogP contribution >= 0.6 is 0 Å². The molecule has 0 radical (unpaired) electrons. The molecule has 1 N–H and O–H groups in total. The van der Waals surface area contributed by atoms with Crippen LogP contribution in [0.5, 0.6) is 17.4 Å². The number of rotatable bonds is 6. The van der Waals surface area contributed by atoms with E-state index in [0.29, 0.717) is 23.1 Å². The molecule has 150 valence electrons. The lowest BCUT2D eigenvalue weighted by atomic mass is 10.2. The van der Waals surface area contributed by atoms with E-state index in [1.807, 2.05) is 0 Å². The van der Waals surface area contributed by atoms with Crippen LogP contribution in [0.4, 0.5) is 10.1 Å². The van der Waals surface area contributed by atoms with Gasteiger partial charge in [0, 0.05) is 29.7 Å². The molecule has 2 aromatic carbocycles. The molecule has 4 aromatic rings. The summed E-state index contributed by atoms with van der Waals surface area (Å²) >= 11 is 0. The van der Waals surface area contributed by atoms with Gasteiger partial charge in [0.05, 0.1) is 7.11 Å². The van der Waals surface area contributed by atoms with Crippen LogP contribution in [-0.2, 0) is 0 Å². The largest absolute Gasteiger partial charge is 0.494 e. The Bertz CT molecular complexity index is 1160. The number of nitrogens with zero attached hydrogens (tertiary/aromatic N) is 4. The van der Waals surface area contributed by atoms with Crippen LogP contribution in [0.1, 0.15) is 10.4 Å². The van der Waals surface area contributed by atoms with E-state index in [1.165, 1.54) is 25.6 Å². The van der Waals surface area contributed by atoms with Gasteiger partial charge in [-0.1, -0.05) is 0 Å². The van der Waals surface area contributed by atoms with Crippen LogP contribution in [0.3, 0.4) is 0 Å². The minimum atomic E-state index is -0.603. The summed E-state index contributed by atoms with van der Waals surface area (Å²) in [5, 5.41) is 6.82. The number of carbonyl (C=O) groups excluding carboxylic acids is 1. The monoisotopic (exact) mass is 405 g/mol. The summed E-state index contributed by atoms with van der Waals surface area (Å²) in [6.45, 7) is 0. The van der Waals surface area contributed by atoms with Crippen molar-refractivity contribution in [1.29, 1.82) is 0 Å². The van der Waals surface area contributed by atoms with Crippen LogP contribution in [0.25, 0.3) is 5.82 Å². The number of halogens is 1. The Balaban J connectivity index is 1.42. The van der Waals surface area contributed by atoms with Gasteiger partial charge in [0.25, 0.3) is 5.91 Å². The Hall–Kier alpha value is -4.27. The van der Waals surface area contributed by atoms with Crippen molar-refractivity contribution in [3.63, 3.8) is 0 Å². The van der Waals surface area contributed by atoms with Crippen LogP contribution in [0.15, 0.2) is 73.3 Å². The summed E-state index contributed by atoms with van der Waals surface area (Å²) in [6.07, 6.45) is 4.79. The van der Waals surface area contributed by atoms with Crippen molar-refractivity contribution in [3.8, 4) is 23.2 Å². The summed E-state index contributed by atoms with van der Waals surface area (Å²) < 4.78 is 26.0. The normalized spacial score (nSPS) is 10.5. The summed E-state index contributed by atoms with van der Waals surface area (Å²) in [5.74, 6) is 0.474. The van der Waals surface area contributed by atoms with Gasteiger partial charge in [0.2, 0.25) is 5.88 Å². The maximum absolute atomic E-state index is 13.8. The molecule has 0 saturated heterocycles. The third kappa shape index (κ3) is 4.25. The first-order valence-electron chi connectivity index (χ1n) is 8.87. The lowest BCUT2D eigenvalue weighted by Crippen LogP contribution is -2.12. The van der Waals surface area contributed by atoms with Gasteiger partial charge in [-0.25, -0.2) is 19.0 Å². The third-order valence-electron chi connectivity index (χ3n) is 4.12. The molecule has 0 bridgehead atoms. The predicted molar refractivity (Wildman–Crippen MR) is 107 cm³/mol. The SMILES string of the molecule is COc1ccc(C(=O)Nc2ccc(Oc3cc(-n4cccn4)ncn3)cc2)cc1F. The number of benzene rings is 2. The molecule has 0 atom stereocenters. The fraction of sp³-hybridized carbons (Fsp3) is 0.0476. The van der Waals surface area contributed by atoms with Gasteiger partial charge in [0.15, 0.2) is 17.4 Å². The van der Waals surface area contributed by atoms with Crippen LogP contribution in [0.2, 0.25) is 0 Å². The van der Waals surface area contributed by atoms with E-state index in [-0.39, 0.29) is 11.3 Å². The molecule has 0 aliphatic carbocycles. The Kier molecular flexibility index (Phi) is 5.33. The molecule has 0 saturated carbocycles. The van der Waals surface area contributed by atoms with E-state index < -0.39 is 11.7 Å². The fourth-order valence-corrected chi connectivity index (χ4v) is 2.65. The summed E-state index contributed by atoms with van der Waals surface area (Å²) in [4.78, 5) is 20.5. The van der Waals surface area contributed by atoms with Gasteiger partial charge in [0.1, 0.15) is 12.1 Å². The number of anilines is 1. The van der Waals surface area contributed by atoms with Crippen molar-refractivity contribution >= 4 is 11.6 Å². The van der Waals surface area contributed by atoms with E-state index >= 15 is 0 Å². The van der Waals surface area contributed by atoms with Gasteiger partial charge < -0.3 is 14.8 Å². The number of nitrogens with one attached hydrogen (secondary N) is 1. The number of carbonyl (C=O) groups is 1. The summed E-state index contributed by atoms with van der Waals surface area (Å²) in [6, 6.07) is 14.2. The molecular weight excluding hydrogens is 389 g/mol.